The van der Waals surface area contributed by atoms with Crippen LogP contribution in [0.3, 0.4) is 0 Å². The van der Waals surface area contributed by atoms with Crippen molar-refractivity contribution in [2.45, 2.75) is 5.16 Å². The van der Waals surface area contributed by atoms with Gasteiger partial charge in [0.05, 0.1) is 0 Å². The number of aromatic nitrogens is 5. The minimum atomic E-state index is -0.705. The van der Waals surface area contributed by atoms with E-state index >= 15 is 0 Å². The van der Waals surface area contributed by atoms with Crippen LogP contribution in [0.15, 0.2) is 27.0 Å². The topological polar surface area (TPSA) is 104 Å². The molecule has 2 aromatic rings. The second kappa shape index (κ2) is 4.27. The summed E-state index contributed by atoms with van der Waals surface area (Å²) in [5.74, 6) is 0.131. The fourth-order valence-corrected chi connectivity index (χ4v) is 1.44. The van der Waals surface area contributed by atoms with Crippen LogP contribution in [0.1, 0.15) is 0 Å². The van der Waals surface area contributed by atoms with Gasteiger partial charge in [-0.3, -0.25) is 9.97 Å². The minimum Gasteiger partial charge on any atom is -0.290 e. The molecule has 2 rings (SSSR count). The molecule has 0 aliphatic carbocycles. The summed E-state index contributed by atoms with van der Waals surface area (Å²) in [6.07, 6.45) is 3.36. The van der Waals surface area contributed by atoms with Crippen molar-refractivity contribution in [1.82, 2.24) is 24.9 Å². The third-order valence-corrected chi connectivity index (χ3v) is 2.29. The summed E-state index contributed by atoms with van der Waals surface area (Å²) in [6.45, 7) is 0. The van der Waals surface area contributed by atoms with Crippen molar-refractivity contribution in [3.8, 4) is 11.5 Å². The van der Waals surface area contributed by atoms with E-state index in [2.05, 4.69) is 19.9 Å². The minimum absolute atomic E-state index is 0.131. The van der Waals surface area contributed by atoms with Gasteiger partial charge in [0.25, 0.3) is 0 Å². The van der Waals surface area contributed by atoms with Crippen LogP contribution in [0.2, 0.25) is 0 Å². The lowest BCUT2D eigenvalue weighted by Crippen LogP contribution is -2.25. The van der Waals surface area contributed by atoms with E-state index in [9.17, 15) is 9.59 Å². The van der Waals surface area contributed by atoms with Gasteiger partial charge < -0.3 is 0 Å². The van der Waals surface area contributed by atoms with E-state index in [-0.39, 0.29) is 5.82 Å². The molecule has 2 aromatic heterocycles. The molecule has 82 valence electrons. The molecule has 0 unspecified atom stereocenters. The molecule has 0 atom stereocenters. The van der Waals surface area contributed by atoms with Crippen LogP contribution in [-0.4, -0.2) is 31.2 Å². The molecule has 0 aromatic carbocycles. The first-order chi connectivity index (χ1) is 7.69. The molecule has 0 spiro atoms. The lowest BCUT2D eigenvalue weighted by atomic mass is 10.4. The zero-order chi connectivity index (χ0) is 11.5. The van der Waals surface area contributed by atoms with Crippen molar-refractivity contribution in [1.29, 1.82) is 0 Å². The summed E-state index contributed by atoms with van der Waals surface area (Å²) in [5, 5.41) is 0.542. The first-order valence-electron chi connectivity index (χ1n) is 4.27. The van der Waals surface area contributed by atoms with Crippen LogP contribution in [0, 0.1) is 0 Å². The lowest BCUT2D eigenvalue weighted by Gasteiger charge is -1.99. The average Bonchev–Trinajstić information content (AvgIpc) is 2.28. The van der Waals surface area contributed by atoms with Gasteiger partial charge in [0.1, 0.15) is 5.69 Å². The van der Waals surface area contributed by atoms with Crippen LogP contribution in [0.25, 0.3) is 11.5 Å². The zero-order valence-electron chi connectivity index (χ0n) is 8.22. The van der Waals surface area contributed by atoms with Crippen molar-refractivity contribution < 1.29 is 0 Å². The number of aromatic amines is 2. The van der Waals surface area contributed by atoms with E-state index in [1.54, 1.807) is 6.07 Å². The largest absolute Gasteiger partial charge is 0.351 e. The SMILES string of the molecule is CSc1nccc(-c2nc(=O)[nH]c(=O)[nH]2)n1. The second-order valence-corrected chi connectivity index (χ2v) is 3.55. The summed E-state index contributed by atoms with van der Waals surface area (Å²) in [6, 6.07) is 1.57. The number of rotatable bonds is 2. The summed E-state index contributed by atoms with van der Waals surface area (Å²) >= 11 is 1.36. The van der Waals surface area contributed by atoms with Gasteiger partial charge in [0.15, 0.2) is 11.0 Å². The lowest BCUT2D eigenvalue weighted by molar-refractivity contribution is 0.911. The van der Waals surface area contributed by atoms with Crippen LogP contribution in [0.5, 0.6) is 0 Å². The monoisotopic (exact) mass is 237 g/mol. The maximum absolute atomic E-state index is 11.0. The van der Waals surface area contributed by atoms with E-state index in [0.29, 0.717) is 10.9 Å². The van der Waals surface area contributed by atoms with E-state index in [1.165, 1.54) is 18.0 Å². The van der Waals surface area contributed by atoms with Gasteiger partial charge in [-0.25, -0.2) is 19.6 Å². The Bertz CT molecular complexity index is 592. The fourth-order valence-electron chi connectivity index (χ4n) is 1.09. The number of nitrogens with zero attached hydrogens (tertiary/aromatic N) is 3. The van der Waals surface area contributed by atoms with Crippen LogP contribution >= 0.6 is 11.8 Å². The zero-order valence-corrected chi connectivity index (χ0v) is 9.04. The first kappa shape index (κ1) is 10.6. The molecule has 8 heteroatoms. The van der Waals surface area contributed by atoms with Crippen molar-refractivity contribution in [2.24, 2.45) is 0 Å². The van der Waals surface area contributed by atoms with Gasteiger partial charge in [-0.05, 0) is 12.3 Å². The smallest absolute Gasteiger partial charge is 0.290 e. The van der Waals surface area contributed by atoms with Crippen LogP contribution < -0.4 is 11.4 Å². The Hall–Kier alpha value is -1.96. The number of thioether (sulfide) groups is 1. The summed E-state index contributed by atoms with van der Waals surface area (Å²) in [4.78, 5) is 38.1. The highest BCUT2D eigenvalue weighted by atomic mass is 32.2. The van der Waals surface area contributed by atoms with E-state index in [4.69, 9.17) is 0 Å². The van der Waals surface area contributed by atoms with Gasteiger partial charge in [-0.15, -0.1) is 0 Å². The predicted molar refractivity (Wildman–Crippen MR) is 58.3 cm³/mol. The molecule has 7 nitrogen and oxygen atoms in total. The van der Waals surface area contributed by atoms with E-state index < -0.39 is 11.4 Å². The highest BCUT2D eigenvalue weighted by Crippen LogP contribution is 2.12. The fraction of sp³-hybridized carbons (Fsp3) is 0.125. The molecule has 0 saturated heterocycles. The van der Waals surface area contributed by atoms with Crippen molar-refractivity contribution >= 4 is 11.8 Å². The Balaban J connectivity index is 2.58. The molecule has 0 aliphatic heterocycles. The highest BCUT2D eigenvalue weighted by molar-refractivity contribution is 7.98. The van der Waals surface area contributed by atoms with Crippen molar-refractivity contribution in [2.75, 3.05) is 6.26 Å². The van der Waals surface area contributed by atoms with Gasteiger partial charge in [-0.1, -0.05) is 11.8 Å². The standard InChI is InChI=1S/C8H7N5O2S/c1-16-8-9-3-2-4(10-8)5-11-6(14)13-7(15)12-5/h2-3H,1H3,(H2,11,12,13,14,15). The Morgan fingerprint density at radius 1 is 1.25 bits per heavy atom. The summed E-state index contributed by atoms with van der Waals surface area (Å²) < 4.78 is 0. The molecular formula is C8H7N5O2S. The molecular weight excluding hydrogens is 230 g/mol. The molecule has 2 N–H and O–H groups in total. The molecule has 0 bridgehead atoms. The number of hydrogen-bond acceptors (Lipinski definition) is 6. The molecule has 0 saturated carbocycles. The second-order valence-electron chi connectivity index (χ2n) is 2.77. The summed E-state index contributed by atoms with van der Waals surface area (Å²) in [5.41, 5.74) is -0.912. The molecule has 0 radical (unpaired) electrons. The Morgan fingerprint density at radius 2 is 2.06 bits per heavy atom. The first-order valence-corrected chi connectivity index (χ1v) is 5.49. The van der Waals surface area contributed by atoms with Crippen molar-refractivity contribution in [3.63, 3.8) is 0 Å². The highest BCUT2D eigenvalue weighted by Gasteiger charge is 2.05. The molecule has 0 aliphatic rings. The predicted octanol–water partition coefficient (Wildman–Crippen LogP) is -0.363. The van der Waals surface area contributed by atoms with E-state index in [0.717, 1.165) is 0 Å². The molecule has 16 heavy (non-hydrogen) atoms. The van der Waals surface area contributed by atoms with Gasteiger partial charge >= 0.3 is 11.4 Å². The number of nitrogens with one attached hydrogen (secondary N) is 2. The Kier molecular flexibility index (Phi) is 2.82. The van der Waals surface area contributed by atoms with Gasteiger partial charge in [-0.2, -0.15) is 4.98 Å². The molecule has 0 fully saturated rings. The number of H-pyrrole nitrogens is 2. The average molecular weight is 237 g/mol. The van der Waals surface area contributed by atoms with Gasteiger partial charge in [0.2, 0.25) is 0 Å². The maximum atomic E-state index is 11.0. The third kappa shape index (κ3) is 2.16. The normalized spacial score (nSPS) is 10.3. The Labute approximate surface area is 93.4 Å². The maximum Gasteiger partial charge on any atom is 0.351 e. The molecule has 0 amide bonds. The summed E-state index contributed by atoms with van der Waals surface area (Å²) in [7, 11) is 0. The number of hydrogen-bond donors (Lipinski definition) is 2. The van der Waals surface area contributed by atoms with Gasteiger partial charge in [0, 0.05) is 6.20 Å². The van der Waals surface area contributed by atoms with Crippen molar-refractivity contribution in [3.05, 3.63) is 33.2 Å². The van der Waals surface area contributed by atoms with Crippen LogP contribution in [0.4, 0.5) is 0 Å². The quantitative estimate of drug-likeness (QED) is 0.546. The third-order valence-electron chi connectivity index (χ3n) is 1.72. The molecule has 2 heterocycles. The van der Waals surface area contributed by atoms with E-state index in [1.807, 2.05) is 11.2 Å². The van der Waals surface area contributed by atoms with Crippen LogP contribution in [-0.2, 0) is 0 Å². The Morgan fingerprint density at radius 3 is 2.75 bits per heavy atom.